The summed E-state index contributed by atoms with van der Waals surface area (Å²) in [6.07, 6.45) is -1.61. The van der Waals surface area contributed by atoms with Crippen molar-refractivity contribution in [3.05, 3.63) is 71.8 Å². The number of pyridine rings is 1. The molecule has 0 saturated carbocycles. The maximum atomic E-state index is 12.6. The molecule has 0 aliphatic carbocycles. The van der Waals surface area contributed by atoms with E-state index in [0.717, 1.165) is 16.3 Å². The van der Waals surface area contributed by atoms with E-state index in [1.54, 1.807) is 36.4 Å². The Balaban J connectivity index is 1.56. The summed E-state index contributed by atoms with van der Waals surface area (Å²) in [6, 6.07) is 11.0. The molecule has 2 aromatic heterocycles. The molecule has 0 saturated heterocycles. The zero-order valence-electron chi connectivity index (χ0n) is 14.1. The first-order valence-corrected chi connectivity index (χ1v) is 8.00. The molecule has 2 heterocycles. The second-order valence-electron chi connectivity index (χ2n) is 5.85. The summed E-state index contributed by atoms with van der Waals surface area (Å²) in [5.74, 6) is -0.196. The van der Waals surface area contributed by atoms with E-state index in [1.807, 2.05) is 0 Å². The molecule has 3 aromatic rings. The van der Waals surface area contributed by atoms with Gasteiger partial charge >= 0.3 is 6.18 Å². The van der Waals surface area contributed by atoms with E-state index in [1.165, 1.54) is 12.4 Å². The van der Waals surface area contributed by atoms with E-state index in [0.29, 0.717) is 23.6 Å². The number of nitrogens with one attached hydrogen (secondary N) is 1. The van der Waals surface area contributed by atoms with Gasteiger partial charge in [-0.15, -0.1) is 0 Å². The van der Waals surface area contributed by atoms with Crippen LogP contribution in [0.15, 0.2) is 54.9 Å². The highest BCUT2D eigenvalue weighted by atomic mass is 19.4. The lowest BCUT2D eigenvalue weighted by atomic mass is 10.2. The van der Waals surface area contributed by atoms with Gasteiger partial charge in [-0.3, -0.25) is 9.78 Å². The number of benzene rings is 1. The highest BCUT2D eigenvalue weighted by molar-refractivity contribution is 5.78. The number of amides is 1. The fourth-order valence-electron chi connectivity index (χ4n) is 2.35. The van der Waals surface area contributed by atoms with Gasteiger partial charge in [0.25, 0.3) is 0 Å². The molecule has 3 N–H and O–H groups in total. The second kappa shape index (κ2) is 7.48. The Labute approximate surface area is 152 Å². The molecule has 0 unspecified atom stereocenters. The van der Waals surface area contributed by atoms with Gasteiger partial charge in [0.05, 0.1) is 24.0 Å². The van der Waals surface area contributed by atoms with Crippen LogP contribution in [0.5, 0.6) is 0 Å². The molecular weight excluding hydrogens is 359 g/mol. The van der Waals surface area contributed by atoms with Gasteiger partial charge in [-0.05, 0) is 35.9 Å². The number of hydrogen-bond donors (Lipinski definition) is 2. The Morgan fingerprint density at radius 3 is 2.44 bits per heavy atom. The van der Waals surface area contributed by atoms with Gasteiger partial charge in [0.1, 0.15) is 0 Å². The first-order chi connectivity index (χ1) is 12.8. The smallest absolute Gasteiger partial charge is 0.397 e. The topological polar surface area (TPSA) is 85.8 Å². The lowest BCUT2D eigenvalue weighted by Gasteiger charge is -2.07. The lowest BCUT2D eigenvalue weighted by molar-refractivity contribution is -0.141. The molecule has 3 rings (SSSR count). The van der Waals surface area contributed by atoms with Crippen LogP contribution in [0.1, 0.15) is 17.0 Å². The summed E-state index contributed by atoms with van der Waals surface area (Å²) in [4.78, 5) is 16.0. The van der Waals surface area contributed by atoms with E-state index < -0.39 is 11.9 Å². The van der Waals surface area contributed by atoms with Crippen LogP contribution in [-0.4, -0.2) is 20.7 Å². The van der Waals surface area contributed by atoms with Gasteiger partial charge in [0.2, 0.25) is 5.91 Å². The van der Waals surface area contributed by atoms with Crippen LogP contribution in [0.3, 0.4) is 0 Å². The van der Waals surface area contributed by atoms with Crippen molar-refractivity contribution in [2.24, 2.45) is 0 Å². The summed E-state index contributed by atoms with van der Waals surface area (Å²) in [5.41, 5.74) is 7.03. The number of nitrogens with two attached hydrogens (primary N) is 1. The van der Waals surface area contributed by atoms with Crippen molar-refractivity contribution in [1.29, 1.82) is 0 Å². The van der Waals surface area contributed by atoms with Crippen molar-refractivity contribution in [3.63, 3.8) is 0 Å². The van der Waals surface area contributed by atoms with Crippen LogP contribution >= 0.6 is 0 Å². The first-order valence-electron chi connectivity index (χ1n) is 8.00. The van der Waals surface area contributed by atoms with Crippen molar-refractivity contribution in [1.82, 2.24) is 20.1 Å². The van der Waals surface area contributed by atoms with Gasteiger partial charge in [0, 0.05) is 18.4 Å². The molecule has 0 radical (unpaired) electrons. The molecule has 0 atom stereocenters. The molecule has 0 bridgehead atoms. The summed E-state index contributed by atoms with van der Waals surface area (Å²) in [7, 11) is 0. The molecule has 0 spiro atoms. The predicted octanol–water partition coefficient (Wildman–Crippen LogP) is 2.73. The zero-order valence-corrected chi connectivity index (χ0v) is 14.1. The summed E-state index contributed by atoms with van der Waals surface area (Å²) < 4.78 is 39.0. The number of carbonyl (C=O) groups is 1. The number of alkyl halides is 3. The molecule has 1 aromatic carbocycles. The maximum Gasteiger partial charge on any atom is 0.435 e. The average Bonchev–Trinajstić information content (AvgIpc) is 3.13. The van der Waals surface area contributed by atoms with Crippen molar-refractivity contribution in [2.45, 2.75) is 19.1 Å². The molecule has 0 aliphatic rings. The molecule has 6 nitrogen and oxygen atoms in total. The second-order valence-corrected chi connectivity index (χ2v) is 5.85. The Kier molecular flexibility index (Phi) is 5.11. The van der Waals surface area contributed by atoms with Gasteiger partial charge in [0.15, 0.2) is 5.69 Å². The Morgan fingerprint density at radius 2 is 1.85 bits per heavy atom. The van der Waals surface area contributed by atoms with Crippen LogP contribution in [0, 0.1) is 0 Å². The number of carbonyl (C=O) groups excluding carboxylic acids is 1. The molecule has 1 amide bonds. The summed E-state index contributed by atoms with van der Waals surface area (Å²) in [5, 5.41) is 6.28. The fourth-order valence-corrected chi connectivity index (χ4v) is 2.35. The molecule has 140 valence electrons. The van der Waals surface area contributed by atoms with Crippen LogP contribution in [0.25, 0.3) is 5.69 Å². The number of nitrogens with zero attached hydrogens (tertiary/aromatic N) is 3. The van der Waals surface area contributed by atoms with E-state index in [-0.39, 0.29) is 12.3 Å². The molecule has 0 fully saturated rings. The fraction of sp³-hybridized carbons (Fsp3) is 0.167. The third kappa shape index (κ3) is 4.84. The first kappa shape index (κ1) is 18.4. The monoisotopic (exact) mass is 375 g/mol. The minimum atomic E-state index is -4.48. The van der Waals surface area contributed by atoms with Crippen molar-refractivity contribution in [3.8, 4) is 5.69 Å². The number of aromatic nitrogens is 3. The van der Waals surface area contributed by atoms with Crippen molar-refractivity contribution < 1.29 is 18.0 Å². The molecule has 27 heavy (non-hydrogen) atoms. The number of nitrogen functional groups attached to an aromatic ring is 1. The summed E-state index contributed by atoms with van der Waals surface area (Å²) in [6.45, 7) is 0.293. The van der Waals surface area contributed by atoms with Gasteiger partial charge < -0.3 is 11.1 Å². The highest BCUT2D eigenvalue weighted by Gasteiger charge is 2.33. The standard InChI is InChI=1S/C18H16F3N5O/c19-18(20,21)16-7-8-26(25-16)15-5-1-12(2-6-15)10-24-17(27)9-14-4-3-13(22)11-23-14/h1-8,11H,9-10,22H2,(H,24,27). The SMILES string of the molecule is Nc1ccc(CC(=O)NCc2ccc(-n3ccc(C(F)(F)F)n3)cc2)nc1. The van der Waals surface area contributed by atoms with Gasteiger partial charge in [-0.2, -0.15) is 18.3 Å². The highest BCUT2D eigenvalue weighted by Crippen LogP contribution is 2.27. The molecule has 9 heteroatoms. The predicted molar refractivity (Wildman–Crippen MR) is 92.8 cm³/mol. The third-order valence-electron chi connectivity index (χ3n) is 3.76. The van der Waals surface area contributed by atoms with Gasteiger partial charge in [-0.25, -0.2) is 4.68 Å². The van der Waals surface area contributed by atoms with Crippen LogP contribution in [-0.2, 0) is 23.9 Å². The van der Waals surface area contributed by atoms with E-state index >= 15 is 0 Å². The van der Waals surface area contributed by atoms with Crippen LogP contribution < -0.4 is 11.1 Å². The Morgan fingerprint density at radius 1 is 1.11 bits per heavy atom. The zero-order chi connectivity index (χ0) is 19.4. The minimum Gasteiger partial charge on any atom is -0.397 e. The number of rotatable bonds is 5. The Hall–Kier alpha value is -3.36. The number of hydrogen-bond acceptors (Lipinski definition) is 4. The van der Waals surface area contributed by atoms with Crippen LogP contribution in [0.4, 0.5) is 18.9 Å². The number of halogens is 3. The molecule has 0 aliphatic heterocycles. The quantitative estimate of drug-likeness (QED) is 0.718. The summed E-state index contributed by atoms with van der Waals surface area (Å²) >= 11 is 0. The Bertz CT molecular complexity index is 917. The van der Waals surface area contributed by atoms with Crippen molar-refractivity contribution >= 4 is 11.6 Å². The maximum absolute atomic E-state index is 12.6. The van der Waals surface area contributed by atoms with Crippen molar-refractivity contribution in [2.75, 3.05) is 5.73 Å². The third-order valence-corrected chi connectivity index (χ3v) is 3.76. The van der Waals surface area contributed by atoms with E-state index in [2.05, 4.69) is 15.4 Å². The van der Waals surface area contributed by atoms with Crippen LogP contribution in [0.2, 0.25) is 0 Å². The normalized spacial score (nSPS) is 11.4. The van der Waals surface area contributed by atoms with E-state index in [4.69, 9.17) is 5.73 Å². The lowest BCUT2D eigenvalue weighted by Crippen LogP contribution is -2.24. The molecular formula is C18H16F3N5O. The van der Waals surface area contributed by atoms with Gasteiger partial charge in [-0.1, -0.05) is 12.1 Å². The average molecular weight is 375 g/mol. The van der Waals surface area contributed by atoms with E-state index in [9.17, 15) is 18.0 Å². The largest absolute Gasteiger partial charge is 0.435 e. The number of anilines is 1. The minimum absolute atomic E-state index is 0.131.